The molecule has 5 heteroatoms. The molecule has 1 atom stereocenters. The van der Waals surface area contributed by atoms with Crippen LogP contribution in [-0.4, -0.2) is 16.9 Å². The van der Waals surface area contributed by atoms with Crippen molar-refractivity contribution in [3.8, 4) is 5.75 Å². The number of carbonyl (C=O) groups excluding carboxylic acids is 1. The second kappa shape index (κ2) is 9.63. The second-order valence-corrected chi connectivity index (χ2v) is 7.34. The predicted molar refractivity (Wildman–Crippen MR) is 114 cm³/mol. The van der Waals surface area contributed by atoms with E-state index in [2.05, 4.69) is 0 Å². The Bertz CT molecular complexity index is 875. The molecule has 28 heavy (non-hydrogen) atoms. The molecule has 3 aromatic rings. The van der Waals surface area contributed by atoms with Crippen LogP contribution in [0.1, 0.15) is 18.1 Å². The molecule has 0 saturated carbocycles. The molecule has 0 saturated heterocycles. The maximum atomic E-state index is 13.2. The smallest absolute Gasteiger partial charge is 0.263 e. The van der Waals surface area contributed by atoms with Crippen LogP contribution in [0.25, 0.3) is 0 Å². The van der Waals surface area contributed by atoms with Crippen LogP contribution in [0.2, 0.25) is 10.0 Å². The van der Waals surface area contributed by atoms with Crippen LogP contribution in [0.4, 0.5) is 0 Å². The van der Waals surface area contributed by atoms with Crippen molar-refractivity contribution in [1.82, 2.24) is 4.90 Å². The van der Waals surface area contributed by atoms with Crippen molar-refractivity contribution in [3.05, 3.63) is 100 Å². The molecule has 0 aliphatic carbocycles. The average molecular weight is 414 g/mol. The number of hydrogen-bond donors (Lipinski definition) is 0. The summed E-state index contributed by atoms with van der Waals surface area (Å²) in [5.41, 5.74) is 2.12. The van der Waals surface area contributed by atoms with Gasteiger partial charge >= 0.3 is 0 Å². The van der Waals surface area contributed by atoms with Crippen LogP contribution >= 0.6 is 23.2 Å². The third-order valence-corrected chi connectivity index (χ3v) is 4.82. The normalized spacial score (nSPS) is 11.7. The Morgan fingerprint density at radius 2 is 1.43 bits per heavy atom. The van der Waals surface area contributed by atoms with Gasteiger partial charge in [0, 0.05) is 18.1 Å². The summed E-state index contributed by atoms with van der Waals surface area (Å²) in [6.07, 6.45) is -0.689. The maximum Gasteiger partial charge on any atom is 0.263 e. The molecule has 1 amide bonds. The highest BCUT2D eigenvalue weighted by molar-refractivity contribution is 6.35. The first-order valence-electron chi connectivity index (χ1n) is 9.01. The quantitative estimate of drug-likeness (QED) is 0.475. The highest BCUT2D eigenvalue weighted by Crippen LogP contribution is 2.28. The van der Waals surface area contributed by atoms with Gasteiger partial charge in [0.15, 0.2) is 6.10 Å². The van der Waals surface area contributed by atoms with Crippen LogP contribution in [0, 0.1) is 0 Å². The molecular formula is C23H21Cl2NO2. The first-order valence-corrected chi connectivity index (χ1v) is 9.77. The largest absolute Gasteiger partial charge is 0.479 e. The van der Waals surface area contributed by atoms with E-state index in [9.17, 15) is 4.79 Å². The van der Waals surface area contributed by atoms with Gasteiger partial charge < -0.3 is 9.64 Å². The van der Waals surface area contributed by atoms with Crippen LogP contribution in [0.15, 0.2) is 78.9 Å². The van der Waals surface area contributed by atoms with Gasteiger partial charge in [0.05, 0.1) is 5.02 Å². The van der Waals surface area contributed by atoms with Gasteiger partial charge in [-0.15, -0.1) is 0 Å². The summed E-state index contributed by atoms with van der Waals surface area (Å²) < 4.78 is 5.84. The third kappa shape index (κ3) is 5.51. The second-order valence-electron chi connectivity index (χ2n) is 6.50. The Morgan fingerprint density at radius 3 is 1.93 bits per heavy atom. The fourth-order valence-electron chi connectivity index (χ4n) is 2.89. The number of hydrogen-bond acceptors (Lipinski definition) is 2. The lowest BCUT2D eigenvalue weighted by Gasteiger charge is -2.26. The third-order valence-electron chi connectivity index (χ3n) is 4.29. The molecule has 0 spiro atoms. The average Bonchev–Trinajstić information content (AvgIpc) is 2.70. The van der Waals surface area contributed by atoms with Gasteiger partial charge in [-0.3, -0.25) is 4.79 Å². The highest BCUT2D eigenvalue weighted by atomic mass is 35.5. The minimum absolute atomic E-state index is 0.112. The van der Waals surface area contributed by atoms with Crippen molar-refractivity contribution in [2.45, 2.75) is 26.1 Å². The highest BCUT2D eigenvalue weighted by Gasteiger charge is 2.23. The van der Waals surface area contributed by atoms with Gasteiger partial charge in [-0.05, 0) is 36.2 Å². The first kappa shape index (κ1) is 20.2. The molecule has 0 unspecified atom stereocenters. The molecule has 3 rings (SSSR count). The first-order chi connectivity index (χ1) is 13.5. The summed E-state index contributed by atoms with van der Waals surface area (Å²) in [5, 5.41) is 0.899. The van der Waals surface area contributed by atoms with E-state index >= 15 is 0 Å². The van der Waals surface area contributed by atoms with Gasteiger partial charge in [-0.25, -0.2) is 0 Å². The maximum absolute atomic E-state index is 13.2. The molecule has 3 nitrogen and oxygen atoms in total. The van der Waals surface area contributed by atoms with E-state index in [0.29, 0.717) is 28.9 Å². The number of nitrogens with zero attached hydrogens (tertiary/aromatic N) is 1. The van der Waals surface area contributed by atoms with E-state index in [0.717, 1.165) is 11.1 Å². The van der Waals surface area contributed by atoms with Gasteiger partial charge in [0.1, 0.15) is 5.75 Å². The van der Waals surface area contributed by atoms with Gasteiger partial charge in [-0.2, -0.15) is 0 Å². The summed E-state index contributed by atoms with van der Waals surface area (Å²) >= 11 is 12.1. The van der Waals surface area contributed by atoms with E-state index in [-0.39, 0.29) is 5.91 Å². The summed E-state index contributed by atoms with van der Waals surface area (Å²) in [4.78, 5) is 15.0. The molecule has 0 radical (unpaired) electrons. The van der Waals surface area contributed by atoms with Crippen molar-refractivity contribution in [1.29, 1.82) is 0 Å². The molecule has 0 fully saturated rings. The van der Waals surface area contributed by atoms with Crippen LogP contribution < -0.4 is 4.74 Å². The van der Waals surface area contributed by atoms with Crippen molar-refractivity contribution in [3.63, 3.8) is 0 Å². The van der Waals surface area contributed by atoms with Crippen molar-refractivity contribution < 1.29 is 9.53 Å². The lowest BCUT2D eigenvalue weighted by atomic mass is 10.1. The Labute approximate surface area is 175 Å². The van der Waals surface area contributed by atoms with E-state index in [4.69, 9.17) is 27.9 Å². The molecule has 0 aromatic heterocycles. The van der Waals surface area contributed by atoms with E-state index < -0.39 is 6.10 Å². The summed E-state index contributed by atoms with van der Waals surface area (Å²) in [5.74, 6) is 0.324. The molecule has 144 valence electrons. The SMILES string of the molecule is C[C@H](Oc1ccc(Cl)cc1Cl)C(=O)N(Cc1ccccc1)Cc1ccccc1. The van der Waals surface area contributed by atoms with E-state index in [1.165, 1.54) is 0 Å². The Kier molecular flexibility index (Phi) is 6.96. The van der Waals surface area contributed by atoms with Crippen LogP contribution in [-0.2, 0) is 17.9 Å². The molecular weight excluding hydrogens is 393 g/mol. The zero-order valence-electron chi connectivity index (χ0n) is 15.5. The number of benzene rings is 3. The molecule has 0 N–H and O–H groups in total. The van der Waals surface area contributed by atoms with Crippen LogP contribution in [0.5, 0.6) is 5.75 Å². The molecule has 0 aliphatic heterocycles. The topological polar surface area (TPSA) is 29.5 Å². The van der Waals surface area contributed by atoms with Crippen molar-refractivity contribution in [2.75, 3.05) is 0 Å². The minimum Gasteiger partial charge on any atom is -0.479 e. The van der Waals surface area contributed by atoms with Gasteiger partial charge in [0.25, 0.3) is 5.91 Å². The lowest BCUT2D eigenvalue weighted by Crippen LogP contribution is -2.39. The number of rotatable bonds is 7. The van der Waals surface area contributed by atoms with E-state index in [1.54, 1.807) is 30.0 Å². The number of ether oxygens (including phenoxy) is 1. The zero-order chi connectivity index (χ0) is 19.9. The molecule has 0 heterocycles. The standard InChI is InChI=1S/C23H21Cl2NO2/c1-17(28-22-13-12-20(24)14-21(22)25)23(27)26(15-18-8-4-2-5-9-18)16-19-10-6-3-7-11-19/h2-14,17H,15-16H2,1H3/t17-/m0/s1. The number of carbonyl (C=O) groups is 1. The fourth-order valence-corrected chi connectivity index (χ4v) is 3.34. The van der Waals surface area contributed by atoms with E-state index in [1.807, 2.05) is 60.7 Å². The summed E-state index contributed by atoms with van der Waals surface area (Å²) in [6.45, 7) is 2.73. The van der Waals surface area contributed by atoms with Crippen LogP contribution in [0.3, 0.4) is 0 Å². The Balaban J connectivity index is 1.78. The summed E-state index contributed by atoms with van der Waals surface area (Å²) in [6, 6.07) is 24.8. The Morgan fingerprint density at radius 1 is 0.893 bits per heavy atom. The molecule has 0 aliphatic rings. The van der Waals surface area contributed by atoms with Crippen molar-refractivity contribution in [2.24, 2.45) is 0 Å². The minimum atomic E-state index is -0.689. The van der Waals surface area contributed by atoms with Gasteiger partial charge in [0.2, 0.25) is 0 Å². The Hall–Kier alpha value is -2.49. The summed E-state index contributed by atoms with van der Waals surface area (Å²) in [7, 11) is 0. The van der Waals surface area contributed by atoms with Gasteiger partial charge in [-0.1, -0.05) is 83.9 Å². The zero-order valence-corrected chi connectivity index (χ0v) is 17.0. The predicted octanol–water partition coefficient (Wildman–Crippen LogP) is 5.99. The number of amides is 1. The lowest BCUT2D eigenvalue weighted by molar-refractivity contribution is -0.139. The molecule has 0 bridgehead atoms. The fraction of sp³-hybridized carbons (Fsp3) is 0.174. The monoisotopic (exact) mass is 413 g/mol. The molecule has 3 aromatic carbocycles. The number of halogens is 2. The van der Waals surface area contributed by atoms with Crippen molar-refractivity contribution >= 4 is 29.1 Å².